The predicted octanol–water partition coefficient (Wildman–Crippen LogP) is 1.82. The number of nitrogens with one attached hydrogen (secondary N) is 2. The molecule has 1 unspecified atom stereocenters. The zero-order chi connectivity index (χ0) is 13.5. The highest BCUT2D eigenvalue weighted by molar-refractivity contribution is 5.19. The summed E-state index contributed by atoms with van der Waals surface area (Å²) in [4.78, 5) is 0. The number of hydrogen-bond donors (Lipinski definition) is 2. The van der Waals surface area contributed by atoms with Gasteiger partial charge in [-0.1, -0.05) is 13.8 Å². The number of nitrogens with zero attached hydrogens (tertiary/aromatic N) is 2. The quantitative estimate of drug-likeness (QED) is 0.775. The average Bonchev–Trinajstić information content (AvgIpc) is 2.30. The molecule has 0 fully saturated rings. The van der Waals surface area contributed by atoms with Gasteiger partial charge in [0.2, 0.25) is 0 Å². The number of aryl methyl sites for hydroxylation is 2. The first-order chi connectivity index (χ1) is 8.49. The molecule has 18 heavy (non-hydrogen) atoms. The molecule has 0 spiro atoms. The van der Waals surface area contributed by atoms with Crippen LogP contribution in [0.4, 0.5) is 0 Å². The summed E-state index contributed by atoms with van der Waals surface area (Å²) < 4.78 is 0. The summed E-state index contributed by atoms with van der Waals surface area (Å²) in [6.45, 7) is 13.5. The molecule has 2 N–H and O–H groups in total. The smallest absolute Gasteiger partial charge is 0.0645 e. The van der Waals surface area contributed by atoms with Gasteiger partial charge in [-0.05, 0) is 44.9 Å². The van der Waals surface area contributed by atoms with E-state index in [1.807, 2.05) is 13.8 Å². The Morgan fingerprint density at radius 1 is 1.11 bits per heavy atom. The maximum Gasteiger partial charge on any atom is 0.0645 e. The van der Waals surface area contributed by atoms with Crippen LogP contribution in [0.5, 0.6) is 0 Å². The van der Waals surface area contributed by atoms with Gasteiger partial charge in [0.15, 0.2) is 0 Å². The van der Waals surface area contributed by atoms with E-state index in [4.69, 9.17) is 0 Å². The minimum Gasteiger partial charge on any atom is -0.315 e. The fourth-order valence-electron chi connectivity index (χ4n) is 1.73. The topological polar surface area (TPSA) is 49.8 Å². The first-order valence-electron chi connectivity index (χ1n) is 6.73. The maximum atomic E-state index is 4.14. The van der Waals surface area contributed by atoms with Crippen molar-refractivity contribution >= 4 is 0 Å². The van der Waals surface area contributed by atoms with Gasteiger partial charge in [0.25, 0.3) is 0 Å². The third-order valence-corrected chi connectivity index (χ3v) is 2.85. The van der Waals surface area contributed by atoms with E-state index in [9.17, 15) is 0 Å². The Bertz CT molecular complexity index is 363. The summed E-state index contributed by atoms with van der Waals surface area (Å²) in [6.07, 6.45) is 0. The number of hydrogen-bond acceptors (Lipinski definition) is 4. The van der Waals surface area contributed by atoms with Gasteiger partial charge in [-0.3, -0.25) is 0 Å². The zero-order valence-corrected chi connectivity index (χ0v) is 12.2. The first kappa shape index (κ1) is 15.1. The van der Waals surface area contributed by atoms with Crippen LogP contribution in [0.1, 0.15) is 37.7 Å². The summed E-state index contributed by atoms with van der Waals surface area (Å²) in [5.74, 6) is 0.700. The minimum atomic E-state index is 0.455. The molecule has 0 radical (unpaired) electrons. The van der Waals surface area contributed by atoms with E-state index in [1.165, 1.54) is 5.56 Å². The predicted molar refractivity (Wildman–Crippen MR) is 75.5 cm³/mol. The van der Waals surface area contributed by atoms with Crippen LogP contribution in [0.25, 0.3) is 0 Å². The van der Waals surface area contributed by atoms with Gasteiger partial charge in [0.1, 0.15) is 0 Å². The molecule has 1 aromatic rings. The molecule has 0 amide bonds. The third kappa shape index (κ3) is 5.56. The summed E-state index contributed by atoms with van der Waals surface area (Å²) in [5, 5.41) is 15.1. The standard InChI is InChI=1S/C14H26N4/c1-10(2)7-15-8-12(4)16-9-14-6-11(3)17-18-13(14)5/h6,10,12,15-16H,7-9H2,1-5H3. The molecule has 4 heteroatoms. The van der Waals surface area contributed by atoms with Crippen LogP contribution in [0.3, 0.4) is 0 Å². The average molecular weight is 250 g/mol. The highest BCUT2D eigenvalue weighted by Crippen LogP contribution is 2.04. The number of aromatic nitrogens is 2. The monoisotopic (exact) mass is 250 g/mol. The summed E-state index contributed by atoms with van der Waals surface area (Å²) >= 11 is 0. The Morgan fingerprint density at radius 2 is 1.83 bits per heavy atom. The second kappa shape index (κ2) is 7.44. The van der Waals surface area contributed by atoms with Gasteiger partial charge in [0, 0.05) is 19.1 Å². The van der Waals surface area contributed by atoms with Gasteiger partial charge < -0.3 is 10.6 Å². The second-order valence-corrected chi connectivity index (χ2v) is 5.43. The van der Waals surface area contributed by atoms with Crippen molar-refractivity contribution in [3.63, 3.8) is 0 Å². The second-order valence-electron chi connectivity index (χ2n) is 5.43. The van der Waals surface area contributed by atoms with E-state index in [1.54, 1.807) is 0 Å². The fourth-order valence-corrected chi connectivity index (χ4v) is 1.73. The largest absolute Gasteiger partial charge is 0.315 e. The SMILES string of the molecule is Cc1cc(CNC(C)CNCC(C)C)c(C)nn1. The van der Waals surface area contributed by atoms with Crippen molar-refractivity contribution in [1.29, 1.82) is 0 Å². The lowest BCUT2D eigenvalue weighted by atomic mass is 10.2. The van der Waals surface area contributed by atoms with Crippen molar-refractivity contribution in [1.82, 2.24) is 20.8 Å². The van der Waals surface area contributed by atoms with E-state index < -0.39 is 0 Å². The van der Waals surface area contributed by atoms with Crippen LogP contribution in [-0.2, 0) is 6.54 Å². The molecule has 0 aliphatic carbocycles. The zero-order valence-electron chi connectivity index (χ0n) is 12.2. The van der Waals surface area contributed by atoms with Gasteiger partial charge >= 0.3 is 0 Å². The molecule has 1 rings (SSSR count). The molecule has 0 aliphatic rings. The Labute approximate surface area is 111 Å². The summed E-state index contributed by atoms with van der Waals surface area (Å²) in [7, 11) is 0. The fraction of sp³-hybridized carbons (Fsp3) is 0.714. The Hall–Kier alpha value is -1.00. The van der Waals surface area contributed by atoms with E-state index >= 15 is 0 Å². The molecule has 4 nitrogen and oxygen atoms in total. The third-order valence-electron chi connectivity index (χ3n) is 2.85. The van der Waals surface area contributed by atoms with Crippen molar-refractivity contribution in [2.24, 2.45) is 5.92 Å². The molecule has 0 saturated carbocycles. The lowest BCUT2D eigenvalue weighted by Gasteiger charge is -2.16. The lowest BCUT2D eigenvalue weighted by Crippen LogP contribution is -2.37. The van der Waals surface area contributed by atoms with Crippen LogP contribution in [-0.4, -0.2) is 29.3 Å². The van der Waals surface area contributed by atoms with E-state index in [2.05, 4.69) is 47.7 Å². The van der Waals surface area contributed by atoms with Crippen LogP contribution < -0.4 is 10.6 Å². The van der Waals surface area contributed by atoms with Crippen molar-refractivity contribution in [2.75, 3.05) is 13.1 Å². The number of rotatable bonds is 7. The Morgan fingerprint density at radius 3 is 2.50 bits per heavy atom. The molecular weight excluding hydrogens is 224 g/mol. The summed E-state index contributed by atoms with van der Waals surface area (Å²) in [5.41, 5.74) is 3.22. The molecule has 1 heterocycles. The van der Waals surface area contributed by atoms with Gasteiger partial charge in [0.05, 0.1) is 11.4 Å². The molecule has 0 aromatic carbocycles. The maximum absolute atomic E-state index is 4.14. The molecule has 0 bridgehead atoms. The molecule has 102 valence electrons. The van der Waals surface area contributed by atoms with Crippen molar-refractivity contribution in [3.8, 4) is 0 Å². The van der Waals surface area contributed by atoms with Gasteiger partial charge in [-0.15, -0.1) is 0 Å². The summed E-state index contributed by atoms with van der Waals surface area (Å²) in [6, 6.07) is 2.56. The van der Waals surface area contributed by atoms with Crippen molar-refractivity contribution in [3.05, 3.63) is 23.0 Å². The van der Waals surface area contributed by atoms with Gasteiger partial charge in [-0.25, -0.2) is 0 Å². The molecule has 1 atom stereocenters. The minimum absolute atomic E-state index is 0.455. The highest BCUT2D eigenvalue weighted by Gasteiger charge is 2.05. The van der Waals surface area contributed by atoms with Crippen LogP contribution >= 0.6 is 0 Å². The highest BCUT2D eigenvalue weighted by atomic mass is 15.1. The Balaban J connectivity index is 2.33. The normalized spacial score (nSPS) is 13.0. The van der Waals surface area contributed by atoms with Crippen LogP contribution in [0, 0.1) is 19.8 Å². The van der Waals surface area contributed by atoms with E-state index in [0.29, 0.717) is 12.0 Å². The van der Waals surface area contributed by atoms with Crippen molar-refractivity contribution in [2.45, 2.75) is 47.2 Å². The van der Waals surface area contributed by atoms with Crippen LogP contribution in [0.2, 0.25) is 0 Å². The molecular formula is C14H26N4. The van der Waals surface area contributed by atoms with Crippen molar-refractivity contribution < 1.29 is 0 Å². The lowest BCUT2D eigenvalue weighted by molar-refractivity contribution is 0.471. The molecule has 0 aliphatic heterocycles. The first-order valence-corrected chi connectivity index (χ1v) is 6.73. The van der Waals surface area contributed by atoms with Gasteiger partial charge in [-0.2, -0.15) is 10.2 Å². The molecule has 1 aromatic heterocycles. The van der Waals surface area contributed by atoms with E-state index in [-0.39, 0.29) is 0 Å². The van der Waals surface area contributed by atoms with Crippen LogP contribution in [0.15, 0.2) is 6.07 Å². The Kier molecular flexibility index (Phi) is 6.22. The molecule has 0 saturated heterocycles. The van der Waals surface area contributed by atoms with E-state index in [0.717, 1.165) is 31.0 Å².